The summed E-state index contributed by atoms with van der Waals surface area (Å²) >= 11 is 3.45. The van der Waals surface area contributed by atoms with E-state index in [1.807, 2.05) is 19.5 Å². The molecule has 1 aliphatic heterocycles. The molecule has 1 fully saturated rings. The Kier molecular flexibility index (Phi) is 3.95. The van der Waals surface area contributed by atoms with Crippen LogP contribution in [0.15, 0.2) is 22.9 Å². The monoisotopic (exact) mass is 284 g/mol. The molecular weight excluding hydrogens is 268 g/mol. The summed E-state index contributed by atoms with van der Waals surface area (Å²) in [6.07, 6.45) is 6.81. The molecule has 0 amide bonds. The first-order chi connectivity index (χ1) is 7.74. The van der Waals surface area contributed by atoms with Gasteiger partial charge in [0, 0.05) is 30.4 Å². The molecule has 0 saturated carbocycles. The number of methoxy groups -OCH3 is 1. The zero-order valence-corrected chi connectivity index (χ0v) is 11.1. The summed E-state index contributed by atoms with van der Waals surface area (Å²) in [5.41, 5.74) is 1.23. The fraction of sp³-hybridized carbons (Fsp3) is 0.583. The molecule has 0 atom stereocenters. The van der Waals surface area contributed by atoms with E-state index in [0.717, 1.165) is 36.8 Å². The minimum Gasteiger partial charge on any atom is -0.378 e. The van der Waals surface area contributed by atoms with Crippen LogP contribution in [0.1, 0.15) is 18.4 Å². The SMILES string of the molecule is COC1(Cc2cncc(Br)c2)CCNCC1. The van der Waals surface area contributed by atoms with Crippen LogP contribution in [-0.2, 0) is 11.2 Å². The van der Waals surface area contributed by atoms with Crippen LogP contribution in [-0.4, -0.2) is 30.8 Å². The number of piperidine rings is 1. The Balaban J connectivity index is 2.11. The van der Waals surface area contributed by atoms with Gasteiger partial charge in [0.15, 0.2) is 0 Å². The quantitative estimate of drug-likeness (QED) is 0.924. The van der Waals surface area contributed by atoms with E-state index in [4.69, 9.17) is 4.74 Å². The molecule has 2 rings (SSSR count). The van der Waals surface area contributed by atoms with Gasteiger partial charge in [-0.15, -0.1) is 0 Å². The summed E-state index contributed by atoms with van der Waals surface area (Å²) in [5, 5.41) is 3.37. The number of rotatable bonds is 3. The highest BCUT2D eigenvalue weighted by Gasteiger charge is 2.31. The number of ether oxygens (including phenoxy) is 1. The summed E-state index contributed by atoms with van der Waals surface area (Å²) in [7, 11) is 1.82. The Labute approximate surface area is 105 Å². The topological polar surface area (TPSA) is 34.1 Å². The summed E-state index contributed by atoms with van der Waals surface area (Å²) in [4.78, 5) is 4.20. The second-order valence-electron chi connectivity index (χ2n) is 4.33. The maximum absolute atomic E-state index is 5.74. The van der Waals surface area contributed by atoms with Gasteiger partial charge in [-0.1, -0.05) is 0 Å². The molecule has 88 valence electrons. The van der Waals surface area contributed by atoms with Gasteiger partial charge < -0.3 is 10.1 Å². The number of halogens is 1. The predicted molar refractivity (Wildman–Crippen MR) is 67.5 cm³/mol. The van der Waals surface area contributed by atoms with E-state index in [0.29, 0.717) is 0 Å². The van der Waals surface area contributed by atoms with Gasteiger partial charge in [0.1, 0.15) is 0 Å². The summed E-state index contributed by atoms with van der Waals surface area (Å²) in [5.74, 6) is 0. The minimum atomic E-state index is -0.00623. The fourth-order valence-corrected chi connectivity index (χ4v) is 2.67. The largest absolute Gasteiger partial charge is 0.378 e. The van der Waals surface area contributed by atoms with Gasteiger partial charge in [-0.3, -0.25) is 4.98 Å². The van der Waals surface area contributed by atoms with Gasteiger partial charge in [-0.05, 0) is 53.5 Å². The molecule has 1 saturated heterocycles. The van der Waals surface area contributed by atoms with Crippen molar-refractivity contribution in [1.29, 1.82) is 0 Å². The Morgan fingerprint density at radius 3 is 2.81 bits per heavy atom. The first-order valence-electron chi connectivity index (χ1n) is 5.59. The lowest BCUT2D eigenvalue weighted by atomic mass is 9.86. The average molecular weight is 285 g/mol. The molecule has 16 heavy (non-hydrogen) atoms. The molecule has 0 aromatic carbocycles. The van der Waals surface area contributed by atoms with Crippen LogP contribution < -0.4 is 5.32 Å². The van der Waals surface area contributed by atoms with Crippen molar-refractivity contribution >= 4 is 15.9 Å². The fourth-order valence-electron chi connectivity index (χ4n) is 2.26. The average Bonchev–Trinajstić information content (AvgIpc) is 2.30. The van der Waals surface area contributed by atoms with Crippen molar-refractivity contribution < 1.29 is 4.74 Å². The highest BCUT2D eigenvalue weighted by molar-refractivity contribution is 9.10. The normalized spacial score (nSPS) is 19.6. The Morgan fingerprint density at radius 1 is 1.44 bits per heavy atom. The van der Waals surface area contributed by atoms with Gasteiger partial charge in [0.05, 0.1) is 5.60 Å². The lowest BCUT2D eigenvalue weighted by molar-refractivity contribution is -0.0334. The van der Waals surface area contributed by atoms with Crippen molar-refractivity contribution in [3.63, 3.8) is 0 Å². The van der Waals surface area contributed by atoms with Crippen molar-refractivity contribution in [2.24, 2.45) is 0 Å². The van der Waals surface area contributed by atoms with Crippen molar-refractivity contribution in [3.05, 3.63) is 28.5 Å². The molecule has 0 radical (unpaired) electrons. The van der Waals surface area contributed by atoms with E-state index in [1.165, 1.54) is 5.56 Å². The van der Waals surface area contributed by atoms with Crippen LogP contribution in [0.25, 0.3) is 0 Å². The highest BCUT2D eigenvalue weighted by Crippen LogP contribution is 2.27. The van der Waals surface area contributed by atoms with E-state index in [-0.39, 0.29) is 5.60 Å². The van der Waals surface area contributed by atoms with Crippen molar-refractivity contribution in [1.82, 2.24) is 10.3 Å². The highest BCUT2D eigenvalue weighted by atomic mass is 79.9. The summed E-state index contributed by atoms with van der Waals surface area (Å²) in [6, 6.07) is 2.12. The minimum absolute atomic E-state index is 0.00623. The molecule has 0 aliphatic carbocycles. The van der Waals surface area contributed by atoms with Crippen LogP contribution in [0.2, 0.25) is 0 Å². The van der Waals surface area contributed by atoms with E-state index in [2.05, 4.69) is 32.3 Å². The lowest BCUT2D eigenvalue weighted by Crippen LogP contribution is -2.45. The van der Waals surface area contributed by atoms with Gasteiger partial charge in [-0.25, -0.2) is 0 Å². The molecular formula is C12H17BrN2O. The molecule has 0 bridgehead atoms. The third-order valence-electron chi connectivity index (χ3n) is 3.24. The van der Waals surface area contributed by atoms with Crippen LogP contribution in [0, 0.1) is 0 Å². The second-order valence-corrected chi connectivity index (χ2v) is 5.24. The number of nitrogens with one attached hydrogen (secondary N) is 1. The smallest absolute Gasteiger partial charge is 0.0743 e. The van der Waals surface area contributed by atoms with Gasteiger partial charge >= 0.3 is 0 Å². The van der Waals surface area contributed by atoms with E-state index in [1.54, 1.807) is 0 Å². The van der Waals surface area contributed by atoms with E-state index >= 15 is 0 Å². The molecule has 1 aromatic rings. The Hall–Kier alpha value is -0.450. The number of hydrogen-bond donors (Lipinski definition) is 1. The van der Waals surface area contributed by atoms with Crippen LogP contribution >= 0.6 is 15.9 Å². The third-order valence-corrected chi connectivity index (χ3v) is 3.67. The summed E-state index contributed by atoms with van der Waals surface area (Å²) < 4.78 is 6.77. The number of aromatic nitrogens is 1. The van der Waals surface area contributed by atoms with Crippen LogP contribution in [0.3, 0.4) is 0 Å². The summed E-state index contributed by atoms with van der Waals surface area (Å²) in [6.45, 7) is 2.07. The van der Waals surface area contributed by atoms with E-state index in [9.17, 15) is 0 Å². The zero-order valence-electron chi connectivity index (χ0n) is 9.50. The second kappa shape index (κ2) is 5.25. The third kappa shape index (κ3) is 2.81. The number of pyridine rings is 1. The molecule has 4 heteroatoms. The van der Waals surface area contributed by atoms with Gasteiger partial charge in [0.25, 0.3) is 0 Å². The maximum Gasteiger partial charge on any atom is 0.0743 e. The van der Waals surface area contributed by atoms with Crippen molar-refractivity contribution in [2.75, 3.05) is 20.2 Å². The molecule has 3 nitrogen and oxygen atoms in total. The number of nitrogens with zero attached hydrogens (tertiary/aromatic N) is 1. The van der Waals surface area contributed by atoms with Crippen molar-refractivity contribution in [3.8, 4) is 0 Å². The van der Waals surface area contributed by atoms with Crippen LogP contribution in [0.5, 0.6) is 0 Å². The zero-order chi connectivity index (χ0) is 11.4. The first kappa shape index (κ1) is 12.0. The molecule has 1 aliphatic rings. The Bertz CT molecular complexity index is 351. The standard InChI is InChI=1S/C12H17BrN2O/c1-16-12(2-4-14-5-3-12)7-10-6-11(13)9-15-8-10/h6,8-9,14H,2-5,7H2,1H3. The van der Waals surface area contributed by atoms with E-state index < -0.39 is 0 Å². The molecule has 0 spiro atoms. The molecule has 1 aromatic heterocycles. The van der Waals surface area contributed by atoms with Gasteiger partial charge in [-0.2, -0.15) is 0 Å². The van der Waals surface area contributed by atoms with Crippen molar-refractivity contribution in [2.45, 2.75) is 24.9 Å². The first-order valence-corrected chi connectivity index (χ1v) is 6.39. The lowest BCUT2D eigenvalue weighted by Gasteiger charge is -2.36. The maximum atomic E-state index is 5.74. The molecule has 0 unspecified atom stereocenters. The van der Waals surface area contributed by atoms with Crippen LogP contribution in [0.4, 0.5) is 0 Å². The Morgan fingerprint density at radius 2 is 2.19 bits per heavy atom. The predicted octanol–water partition coefficient (Wildman–Crippen LogP) is 2.16. The molecule has 1 N–H and O–H groups in total. The molecule has 2 heterocycles. The number of hydrogen-bond acceptors (Lipinski definition) is 3. The van der Waals surface area contributed by atoms with Gasteiger partial charge in [0.2, 0.25) is 0 Å².